The molecule has 0 radical (unpaired) electrons. The van der Waals surface area contributed by atoms with Gasteiger partial charge in [0.1, 0.15) is 0 Å². The average Bonchev–Trinajstić information content (AvgIpc) is 2.12. The van der Waals surface area contributed by atoms with E-state index in [0.29, 0.717) is 6.04 Å². The van der Waals surface area contributed by atoms with Gasteiger partial charge in [0.2, 0.25) is 5.91 Å². The third-order valence-electron chi connectivity index (χ3n) is 2.23. The first-order chi connectivity index (χ1) is 5.54. The number of carbonyl (C=O) groups excluding carboxylic acids is 1. The molecule has 0 saturated heterocycles. The molecule has 0 aliphatic heterocycles. The molecule has 2 atom stereocenters. The molecular weight excluding hydrogens is 218 g/mol. The van der Waals surface area contributed by atoms with E-state index in [2.05, 4.69) is 29.8 Å². The van der Waals surface area contributed by atoms with Gasteiger partial charge in [0, 0.05) is 13.1 Å². The van der Waals surface area contributed by atoms with E-state index >= 15 is 0 Å². The largest absolute Gasteiger partial charge is 0.342 e. The summed E-state index contributed by atoms with van der Waals surface area (Å²) in [7, 11) is 1.86. The van der Waals surface area contributed by atoms with E-state index in [4.69, 9.17) is 0 Å². The van der Waals surface area contributed by atoms with Gasteiger partial charge in [-0.3, -0.25) is 4.79 Å². The summed E-state index contributed by atoms with van der Waals surface area (Å²) in [5.41, 5.74) is 0. The summed E-state index contributed by atoms with van der Waals surface area (Å²) >= 11 is 3.35. The van der Waals surface area contributed by atoms with Gasteiger partial charge in [-0.25, -0.2) is 0 Å². The molecule has 0 fully saturated rings. The van der Waals surface area contributed by atoms with Gasteiger partial charge in [0.25, 0.3) is 0 Å². The predicted octanol–water partition coefficient (Wildman–Crippen LogP) is 2.42. The number of hydrogen-bond donors (Lipinski definition) is 0. The van der Waals surface area contributed by atoms with E-state index in [1.165, 1.54) is 0 Å². The highest BCUT2D eigenvalue weighted by Gasteiger charge is 2.19. The van der Waals surface area contributed by atoms with Crippen LogP contribution in [0, 0.1) is 0 Å². The lowest BCUT2D eigenvalue weighted by Crippen LogP contribution is -2.39. The van der Waals surface area contributed by atoms with Crippen LogP contribution in [0.5, 0.6) is 0 Å². The van der Waals surface area contributed by atoms with Gasteiger partial charge in [-0.1, -0.05) is 29.8 Å². The summed E-state index contributed by atoms with van der Waals surface area (Å²) in [6.45, 7) is 6.15. The van der Waals surface area contributed by atoms with Crippen LogP contribution in [-0.2, 0) is 4.79 Å². The number of rotatable bonds is 4. The molecule has 0 saturated carbocycles. The minimum atomic E-state index is -0.0171. The van der Waals surface area contributed by atoms with Crippen molar-refractivity contribution in [1.29, 1.82) is 0 Å². The number of halogens is 1. The molecular formula is C9H18BrNO. The highest BCUT2D eigenvalue weighted by molar-refractivity contribution is 9.10. The van der Waals surface area contributed by atoms with Crippen LogP contribution in [0.3, 0.4) is 0 Å². The number of alkyl halides is 1. The molecule has 0 aromatic carbocycles. The Bertz CT molecular complexity index is 149. The summed E-state index contributed by atoms with van der Waals surface area (Å²) in [5.74, 6) is 0.187. The molecule has 0 aromatic heterocycles. The van der Waals surface area contributed by atoms with Gasteiger partial charge >= 0.3 is 0 Å². The lowest BCUT2D eigenvalue weighted by molar-refractivity contribution is -0.131. The van der Waals surface area contributed by atoms with Gasteiger partial charge in [0.15, 0.2) is 0 Å². The van der Waals surface area contributed by atoms with Gasteiger partial charge in [-0.2, -0.15) is 0 Å². The molecule has 0 aliphatic rings. The standard InChI is InChI=1S/C9H18BrNO/c1-5-7(3)11(4)9(12)8(10)6-2/h7-8H,5-6H2,1-4H3. The second-order valence-electron chi connectivity index (χ2n) is 3.08. The minimum absolute atomic E-state index is 0.0171. The van der Waals surface area contributed by atoms with Crippen LogP contribution < -0.4 is 0 Å². The summed E-state index contributed by atoms with van der Waals surface area (Å²) < 4.78 is 0. The fraction of sp³-hybridized carbons (Fsp3) is 0.889. The van der Waals surface area contributed by atoms with Gasteiger partial charge in [-0.15, -0.1) is 0 Å². The predicted molar refractivity (Wildman–Crippen MR) is 55.5 cm³/mol. The van der Waals surface area contributed by atoms with E-state index in [1.54, 1.807) is 0 Å². The molecule has 0 bridgehead atoms. The van der Waals surface area contributed by atoms with Crippen LogP contribution in [0.2, 0.25) is 0 Å². The molecule has 12 heavy (non-hydrogen) atoms. The Kier molecular flexibility index (Phi) is 5.55. The maximum atomic E-state index is 11.6. The quantitative estimate of drug-likeness (QED) is 0.686. The summed E-state index contributed by atoms with van der Waals surface area (Å²) in [6, 6.07) is 0.337. The lowest BCUT2D eigenvalue weighted by atomic mass is 10.2. The summed E-state index contributed by atoms with van der Waals surface area (Å²) in [4.78, 5) is 13.3. The van der Waals surface area contributed by atoms with E-state index in [1.807, 2.05) is 18.9 Å². The first kappa shape index (κ1) is 11.9. The molecule has 0 rings (SSSR count). The molecule has 0 heterocycles. The molecule has 0 aromatic rings. The van der Waals surface area contributed by atoms with Gasteiger partial charge in [-0.05, 0) is 19.8 Å². The van der Waals surface area contributed by atoms with E-state index < -0.39 is 0 Å². The Labute approximate surface area is 83.4 Å². The number of nitrogens with zero attached hydrogens (tertiary/aromatic N) is 1. The monoisotopic (exact) mass is 235 g/mol. The van der Waals surface area contributed by atoms with Crippen LogP contribution in [0.15, 0.2) is 0 Å². The summed E-state index contributed by atoms with van der Waals surface area (Å²) in [5, 5.41) is 0. The van der Waals surface area contributed by atoms with E-state index in [0.717, 1.165) is 12.8 Å². The molecule has 0 N–H and O–H groups in total. The van der Waals surface area contributed by atoms with Crippen molar-refractivity contribution < 1.29 is 4.79 Å². The molecule has 1 amide bonds. The van der Waals surface area contributed by atoms with Crippen molar-refractivity contribution in [2.45, 2.75) is 44.5 Å². The van der Waals surface area contributed by atoms with Crippen molar-refractivity contribution in [2.24, 2.45) is 0 Å². The molecule has 72 valence electrons. The Morgan fingerprint density at radius 1 is 1.42 bits per heavy atom. The van der Waals surface area contributed by atoms with Crippen LogP contribution in [0.25, 0.3) is 0 Å². The van der Waals surface area contributed by atoms with Crippen molar-refractivity contribution in [1.82, 2.24) is 4.90 Å². The highest BCUT2D eigenvalue weighted by Crippen LogP contribution is 2.11. The Morgan fingerprint density at radius 2 is 1.92 bits per heavy atom. The zero-order chi connectivity index (χ0) is 9.72. The zero-order valence-corrected chi connectivity index (χ0v) is 9.89. The SMILES string of the molecule is CCC(Br)C(=O)N(C)C(C)CC. The van der Waals surface area contributed by atoms with Crippen LogP contribution in [0.4, 0.5) is 0 Å². The van der Waals surface area contributed by atoms with Crippen molar-refractivity contribution in [3.05, 3.63) is 0 Å². The third-order valence-corrected chi connectivity index (χ3v) is 3.27. The first-order valence-corrected chi connectivity index (χ1v) is 5.36. The van der Waals surface area contributed by atoms with E-state index in [9.17, 15) is 4.79 Å². The average molecular weight is 236 g/mol. The minimum Gasteiger partial charge on any atom is -0.342 e. The van der Waals surface area contributed by atoms with Gasteiger partial charge < -0.3 is 4.90 Å². The summed E-state index contributed by atoms with van der Waals surface area (Å²) in [6.07, 6.45) is 1.85. The van der Waals surface area contributed by atoms with Crippen LogP contribution in [-0.4, -0.2) is 28.7 Å². The Morgan fingerprint density at radius 3 is 2.25 bits per heavy atom. The normalized spacial score (nSPS) is 15.4. The first-order valence-electron chi connectivity index (χ1n) is 4.45. The molecule has 0 spiro atoms. The lowest BCUT2D eigenvalue weighted by Gasteiger charge is -2.25. The molecule has 2 unspecified atom stereocenters. The second-order valence-corrected chi connectivity index (χ2v) is 4.19. The topological polar surface area (TPSA) is 20.3 Å². The van der Waals surface area contributed by atoms with Crippen molar-refractivity contribution in [3.8, 4) is 0 Å². The maximum absolute atomic E-state index is 11.6. The fourth-order valence-electron chi connectivity index (χ4n) is 0.887. The number of hydrogen-bond acceptors (Lipinski definition) is 1. The van der Waals surface area contributed by atoms with Gasteiger partial charge in [0.05, 0.1) is 4.83 Å². The van der Waals surface area contributed by atoms with Crippen molar-refractivity contribution in [2.75, 3.05) is 7.05 Å². The second kappa shape index (κ2) is 5.57. The maximum Gasteiger partial charge on any atom is 0.236 e. The molecule has 3 heteroatoms. The number of carbonyl (C=O) groups is 1. The van der Waals surface area contributed by atoms with E-state index in [-0.39, 0.29) is 10.7 Å². The van der Waals surface area contributed by atoms with Crippen molar-refractivity contribution >= 4 is 21.8 Å². The molecule has 2 nitrogen and oxygen atoms in total. The highest BCUT2D eigenvalue weighted by atomic mass is 79.9. The van der Waals surface area contributed by atoms with Crippen molar-refractivity contribution in [3.63, 3.8) is 0 Å². The third kappa shape index (κ3) is 3.13. The smallest absolute Gasteiger partial charge is 0.236 e. The number of amides is 1. The zero-order valence-electron chi connectivity index (χ0n) is 8.30. The molecule has 0 aliphatic carbocycles. The fourth-order valence-corrected chi connectivity index (χ4v) is 1.21. The van der Waals surface area contributed by atoms with Crippen LogP contribution in [0.1, 0.15) is 33.6 Å². The Hall–Kier alpha value is -0.0500. The van der Waals surface area contributed by atoms with Crippen LogP contribution >= 0.6 is 15.9 Å². The Balaban J connectivity index is 4.09.